The summed E-state index contributed by atoms with van der Waals surface area (Å²) in [6, 6.07) is 13.3. The van der Waals surface area contributed by atoms with E-state index >= 15 is 0 Å². The van der Waals surface area contributed by atoms with Crippen LogP contribution in [0.3, 0.4) is 0 Å². The van der Waals surface area contributed by atoms with E-state index in [1.54, 1.807) is 6.33 Å². The molecule has 1 heterocycles. The summed E-state index contributed by atoms with van der Waals surface area (Å²) in [6.07, 6.45) is 6.69. The Bertz CT molecular complexity index is 1060. The zero-order chi connectivity index (χ0) is 24.6. The number of hydrogen-bond acceptors (Lipinski definition) is 3. The number of carbonyl (C=O) groups is 1. The number of aromatic amines is 1. The second-order valence-corrected chi connectivity index (χ2v) is 8.91. The number of imidazole rings is 1. The van der Waals surface area contributed by atoms with Gasteiger partial charge in [-0.05, 0) is 66.6 Å². The molecule has 0 atom stereocenters. The monoisotopic (exact) mass is 475 g/mol. The molecule has 3 aromatic rings. The van der Waals surface area contributed by atoms with Crippen molar-refractivity contribution in [1.29, 1.82) is 0 Å². The van der Waals surface area contributed by atoms with Gasteiger partial charge in [0, 0.05) is 6.54 Å². The van der Waals surface area contributed by atoms with E-state index in [1.807, 2.05) is 0 Å². The molecule has 0 bridgehead atoms. The average Bonchev–Trinajstić information content (AvgIpc) is 3.26. The van der Waals surface area contributed by atoms with Crippen LogP contribution in [0.5, 0.6) is 0 Å². The number of halogens is 3. The second-order valence-electron chi connectivity index (χ2n) is 8.91. The van der Waals surface area contributed by atoms with E-state index in [2.05, 4.69) is 58.6 Å². The van der Waals surface area contributed by atoms with Gasteiger partial charge in [0.05, 0.1) is 17.4 Å². The standard InChI is InChI=1S/C24H31N3.C2HF3O2/c1-18-14-23-24(27-17-26-23)15-22(18)21-11-9-20(10-12-21)16-25-13-5-8-19-6-3-2-4-7-19;3-2(4,5)1(6)7/h9-12,14-15,17,19,25H,2-8,13,16H2,1H3,(H,26,27);(H,6,7). The summed E-state index contributed by atoms with van der Waals surface area (Å²) in [4.78, 5) is 16.4. The summed E-state index contributed by atoms with van der Waals surface area (Å²) in [5.41, 5.74) is 7.30. The lowest BCUT2D eigenvalue weighted by atomic mass is 9.86. The van der Waals surface area contributed by atoms with Gasteiger partial charge in [-0.3, -0.25) is 0 Å². The highest BCUT2D eigenvalue weighted by Crippen LogP contribution is 2.28. The molecule has 5 nitrogen and oxygen atoms in total. The molecule has 0 saturated heterocycles. The number of alkyl halides is 3. The molecule has 1 aromatic heterocycles. The molecule has 0 aliphatic heterocycles. The predicted octanol–water partition coefficient (Wildman–Crippen LogP) is 6.62. The number of aliphatic carboxylic acids is 1. The minimum Gasteiger partial charge on any atom is -0.475 e. The summed E-state index contributed by atoms with van der Waals surface area (Å²) < 4.78 is 31.7. The molecule has 0 spiro atoms. The largest absolute Gasteiger partial charge is 0.490 e. The Hall–Kier alpha value is -2.87. The van der Waals surface area contributed by atoms with Gasteiger partial charge in [-0.15, -0.1) is 0 Å². The van der Waals surface area contributed by atoms with Crippen LogP contribution in [0.15, 0.2) is 42.7 Å². The third kappa shape index (κ3) is 7.58. The minimum atomic E-state index is -5.08. The first-order chi connectivity index (χ1) is 16.2. The van der Waals surface area contributed by atoms with E-state index in [0.29, 0.717) is 0 Å². The molecule has 34 heavy (non-hydrogen) atoms. The van der Waals surface area contributed by atoms with Gasteiger partial charge < -0.3 is 15.4 Å². The van der Waals surface area contributed by atoms with Gasteiger partial charge in [0.2, 0.25) is 0 Å². The highest BCUT2D eigenvalue weighted by molar-refractivity contribution is 5.83. The van der Waals surface area contributed by atoms with E-state index in [0.717, 1.165) is 30.0 Å². The van der Waals surface area contributed by atoms with Gasteiger partial charge in [-0.25, -0.2) is 9.78 Å². The molecule has 8 heteroatoms. The summed E-state index contributed by atoms with van der Waals surface area (Å²) in [5.74, 6) is -1.76. The third-order valence-electron chi connectivity index (χ3n) is 6.29. The molecule has 1 fully saturated rings. The topological polar surface area (TPSA) is 78.0 Å². The molecule has 184 valence electrons. The van der Waals surface area contributed by atoms with Crippen LogP contribution in [0.2, 0.25) is 0 Å². The molecular formula is C26H32F3N3O2. The van der Waals surface area contributed by atoms with Crippen LogP contribution in [-0.2, 0) is 11.3 Å². The number of benzene rings is 2. The smallest absolute Gasteiger partial charge is 0.475 e. The normalized spacial score (nSPS) is 14.6. The van der Waals surface area contributed by atoms with Crippen LogP contribution in [0, 0.1) is 12.8 Å². The molecule has 0 unspecified atom stereocenters. The Morgan fingerprint density at radius 2 is 1.82 bits per heavy atom. The van der Waals surface area contributed by atoms with Crippen molar-refractivity contribution in [2.24, 2.45) is 5.92 Å². The van der Waals surface area contributed by atoms with Gasteiger partial charge in [-0.2, -0.15) is 13.2 Å². The first-order valence-corrected chi connectivity index (χ1v) is 11.8. The van der Waals surface area contributed by atoms with Crippen molar-refractivity contribution >= 4 is 17.0 Å². The zero-order valence-electron chi connectivity index (χ0n) is 19.4. The van der Waals surface area contributed by atoms with Crippen LogP contribution < -0.4 is 5.32 Å². The van der Waals surface area contributed by atoms with Crippen molar-refractivity contribution in [2.75, 3.05) is 6.54 Å². The summed E-state index contributed by atoms with van der Waals surface area (Å²) in [6.45, 7) is 4.25. The molecule has 0 amide bonds. The average molecular weight is 476 g/mol. The number of H-pyrrole nitrogens is 1. The van der Waals surface area contributed by atoms with Crippen LogP contribution in [0.25, 0.3) is 22.2 Å². The van der Waals surface area contributed by atoms with Gasteiger partial charge in [0.1, 0.15) is 0 Å². The fourth-order valence-electron chi connectivity index (χ4n) is 4.42. The molecule has 3 N–H and O–H groups in total. The quantitative estimate of drug-likeness (QED) is 0.336. The zero-order valence-corrected chi connectivity index (χ0v) is 19.4. The van der Waals surface area contributed by atoms with Crippen LogP contribution >= 0.6 is 0 Å². The maximum atomic E-state index is 10.6. The molecule has 1 aliphatic carbocycles. The Morgan fingerprint density at radius 3 is 2.47 bits per heavy atom. The minimum absolute atomic E-state index is 0.962. The first kappa shape index (κ1) is 25.7. The number of aryl methyl sites for hydroxylation is 1. The fraction of sp³-hybridized carbons (Fsp3) is 0.462. The van der Waals surface area contributed by atoms with E-state index in [9.17, 15) is 13.2 Å². The van der Waals surface area contributed by atoms with Crippen molar-refractivity contribution in [3.05, 3.63) is 53.9 Å². The third-order valence-corrected chi connectivity index (χ3v) is 6.29. The Balaban J connectivity index is 0.000000406. The van der Waals surface area contributed by atoms with Gasteiger partial charge >= 0.3 is 12.1 Å². The van der Waals surface area contributed by atoms with E-state index in [4.69, 9.17) is 9.90 Å². The van der Waals surface area contributed by atoms with Crippen molar-refractivity contribution in [1.82, 2.24) is 15.3 Å². The molecule has 1 aliphatic rings. The SMILES string of the molecule is Cc1cc2nc[nH]c2cc1-c1ccc(CNCCCC2CCCCC2)cc1.O=C(O)C(F)(F)F. The number of fused-ring (bicyclic) bond motifs is 1. The number of carboxylic acids is 1. The van der Waals surface area contributed by atoms with Crippen molar-refractivity contribution in [3.63, 3.8) is 0 Å². The molecular weight excluding hydrogens is 443 g/mol. The van der Waals surface area contributed by atoms with E-state index < -0.39 is 12.1 Å². The Labute approximate surface area is 197 Å². The summed E-state index contributed by atoms with van der Waals surface area (Å²) >= 11 is 0. The number of rotatable bonds is 7. The first-order valence-electron chi connectivity index (χ1n) is 11.8. The maximum Gasteiger partial charge on any atom is 0.490 e. The van der Waals surface area contributed by atoms with E-state index in [1.165, 1.54) is 67.2 Å². The highest BCUT2D eigenvalue weighted by atomic mass is 19.4. The summed E-state index contributed by atoms with van der Waals surface area (Å²) in [5, 5.41) is 10.7. The lowest BCUT2D eigenvalue weighted by Gasteiger charge is -2.21. The number of nitrogens with zero attached hydrogens (tertiary/aromatic N) is 1. The molecule has 4 rings (SSSR count). The fourth-order valence-corrected chi connectivity index (χ4v) is 4.42. The van der Waals surface area contributed by atoms with Crippen molar-refractivity contribution in [2.45, 2.75) is 64.6 Å². The molecule has 2 aromatic carbocycles. The van der Waals surface area contributed by atoms with Crippen LogP contribution in [0.4, 0.5) is 13.2 Å². The van der Waals surface area contributed by atoms with Gasteiger partial charge in [-0.1, -0.05) is 56.4 Å². The molecule has 0 radical (unpaired) electrons. The Kier molecular flexibility index (Phi) is 9.10. The van der Waals surface area contributed by atoms with Crippen molar-refractivity contribution in [3.8, 4) is 11.1 Å². The maximum absolute atomic E-state index is 10.6. The number of aromatic nitrogens is 2. The van der Waals surface area contributed by atoms with Gasteiger partial charge in [0.15, 0.2) is 0 Å². The molecule has 1 saturated carbocycles. The second kappa shape index (κ2) is 12.0. The summed E-state index contributed by atoms with van der Waals surface area (Å²) in [7, 11) is 0. The van der Waals surface area contributed by atoms with Crippen molar-refractivity contribution < 1.29 is 23.1 Å². The van der Waals surface area contributed by atoms with Crippen LogP contribution in [-0.4, -0.2) is 33.8 Å². The number of hydrogen-bond donors (Lipinski definition) is 3. The lowest BCUT2D eigenvalue weighted by molar-refractivity contribution is -0.192. The number of carboxylic acid groups (broad SMARTS) is 1. The number of nitrogens with one attached hydrogen (secondary N) is 2. The Morgan fingerprint density at radius 1 is 1.15 bits per heavy atom. The highest BCUT2D eigenvalue weighted by Gasteiger charge is 2.38. The predicted molar refractivity (Wildman–Crippen MR) is 127 cm³/mol. The van der Waals surface area contributed by atoms with Gasteiger partial charge in [0.25, 0.3) is 0 Å². The van der Waals surface area contributed by atoms with Crippen LogP contribution in [0.1, 0.15) is 56.1 Å². The lowest BCUT2D eigenvalue weighted by Crippen LogP contribution is -2.21. The van der Waals surface area contributed by atoms with E-state index in [-0.39, 0.29) is 0 Å².